The lowest BCUT2D eigenvalue weighted by molar-refractivity contribution is -0.137. The van der Waals surface area contributed by atoms with Gasteiger partial charge in [0.2, 0.25) is 0 Å². The van der Waals surface area contributed by atoms with Gasteiger partial charge in [-0.05, 0) is 56.0 Å². The third kappa shape index (κ3) is 6.46. The van der Waals surface area contributed by atoms with Crippen molar-refractivity contribution in [2.45, 2.75) is 65.5 Å². The Kier molecular flexibility index (Phi) is 7.74. The molecule has 0 radical (unpaired) electrons. The summed E-state index contributed by atoms with van der Waals surface area (Å²) in [5.41, 5.74) is 1.89. The lowest BCUT2D eigenvalue weighted by Gasteiger charge is -2.39. The number of aromatic nitrogens is 1. The average Bonchev–Trinajstić information content (AvgIpc) is 3.13. The van der Waals surface area contributed by atoms with Crippen molar-refractivity contribution in [2.75, 3.05) is 19.6 Å². The number of fused-ring (bicyclic) bond motifs is 1. The number of amides is 2. The molecule has 0 unspecified atom stereocenters. The summed E-state index contributed by atoms with van der Waals surface area (Å²) >= 11 is 0. The molecule has 206 valence electrons. The van der Waals surface area contributed by atoms with E-state index in [2.05, 4.69) is 29.0 Å². The number of likely N-dealkylation sites (tertiary alicyclic amines) is 1. The number of nitrogens with zero attached hydrogens (tertiary/aromatic N) is 3. The lowest BCUT2D eigenvalue weighted by Crippen LogP contribution is -2.54. The number of benzene rings is 1. The first-order chi connectivity index (χ1) is 17.7. The van der Waals surface area contributed by atoms with Gasteiger partial charge in [0.1, 0.15) is 5.60 Å². The largest absolute Gasteiger partial charge is 0.444 e. The van der Waals surface area contributed by atoms with E-state index < -0.39 is 17.3 Å². The van der Waals surface area contributed by atoms with Crippen LogP contribution in [-0.2, 0) is 24.0 Å². The Hall–Kier alpha value is -3.14. The first-order valence-electron chi connectivity index (χ1n) is 12.9. The van der Waals surface area contributed by atoms with Crippen molar-refractivity contribution in [1.29, 1.82) is 0 Å². The van der Waals surface area contributed by atoms with Crippen molar-refractivity contribution in [2.24, 2.45) is 11.8 Å². The number of nitrogens with one attached hydrogen (secondary N) is 1. The molecule has 0 saturated carbocycles. The Morgan fingerprint density at radius 1 is 1.13 bits per heavy atom. The molecule has 1 aromatic heterocycles. The van der Waals surface area contributed by atoms with E-state index in [1.165, 1.54) is 12.1 Å². The zero-order valence-electron chi connectivity index (χ0n) is 22.4. The first kappa shape index (κ1) is 27.9. The monoisotopic (exact) mass is 532 g/mol. The fourth-order valence-electron chi connectivity index (χ4n) is 4.97. The highest BCUT2D eigenvalue weighted by atomic mass is 19.4. The Morgan fingerprint density at radius 2 is 1.79 bits per heavy atom. The molecule has 38 heavy (non-hydrogen) atoms. The number of rotatable bonds is 6. The van der Waals surface area contributed by atoms with Crippen LogP contribution in [0.4, 0.5) is 18.0 Å². The van der Waals surface area contributed by atoms with E-state index in [1.807, 2.05) is 26.8 Å². The average molecular weight is 533 g/mol. The Labute approximate surface area is 221 Å². The summed E-state index contributed by atoms with van der Waals surface area (Å²) in [5.74, 6) is 0.168. The minimum absolute atomic E-state index is 0.00165. The summed E-state index contributed by atoms with van der Waals surface area (Å²) in [6.07, 6.45) is -3.12. The molecule has 1 fully saturated rings. The molecule has 10 heteroatoms. The number of ether oxygens (including phenoxy) is 1. The van der Waals surface area contributed by atoms with Crippen molar-refractivity contribution in [3.8, 4) is 0 Å². The third-order valence-electron chi connectivity index (χ3n) is 6.77. The maximum absolute atomic E-state index is 12.9. The van der Waals surface area contributed by atoms with Gasteiger partial charge in [0.15, 0.2) is 0 Å². The molecule has 2 amide bonds. The molecule has 0 bridgehead atoms. The van der Waals surface area contributed by atoms with Gasteiger partial charge in [-0.1, -0.05) is 26.0 Å². The number of hydrogen-bond acceptors (Lipinski definition) is 5. The highest BCUT2D eigenvalue weighted by molar-refractivity contribution is 5.94. The molecule has 0 spiro atoms. The van der Waals surface area contributed by atoms with Crippen LogP contribution in [0.3, 0.4) is 0 Å². The van der Waals surface area contributed by atoms with Crippen LogP contribution in [-0.4, -0.2) is 52.0 Å². The fraction of sp³-hybridized carbons (Fsp3) is 0.536. The third-order valence-corrected chi connectivity index (χ3v) is 6.77. The van der Waals surface area contributed by atoms with Gasteiger partial charge in [-0.3, -0.25) is 14.7 Å². The molecular weight excluding hydrogens is 497 g/mol. The molecule has 2 aliphatic rings. The molecule has 2 aromatic rings. The van der Waals surface area contributed by atoms with Gasteiger partial charge in [-0.2, -0.15) is 13.2 Å². The second kappa shape index (κ2) is 10.6. The van der Waals surface area contributed by atoms with Crippen molar-refractivity contribution < 1.29 is 27.5 Å². The van der Waals surface area contributed by atoms with Gasteiger partial charge in [-0.25, -0.2) is 4.79 Å². The van der Waals surface area contributed by atoms with Gasteiger partial charge in [0.25, 0.3) is 5.91 Å². The number of carbonyl (C=O) groups excluding carboxylic acids is 2. The second-order valence-corrected chi connectivity index (χ2v) is 11.5. The van der Waals surface area contributed by atoms with Crippen molar-refractivity contribution in [3.05, 3.63) is 64.5 Å². The number of pyridine rings is 1. The van der Waals surface area contributed by atoms with Crippen LogP contribution in [0.5, 0.6) is 0 Å². The minimum Gasteiger partial charge on any atom is -0.444 e. The molecule has 0 aliphatic carbocycles. The van der Waals surface area contributed by atoms with Gasteiger partial charge >= 0.3 is 12.3 Å². The van der Waals surface area contributed by atoms with Crippen LogP contribution in [0, 0.1) is 11.8 Å². The number of carbonyl (C=O) groups is 2. The zero-order valence-corrected chi connectivity index (χ0v) is 22.4. The van der Waals surface area contributed by atoms with E-state index in [0.29, 0.717) is 38.3 Å². The molecule has 1 atom stereocenters. The summed E-state index contributed by atoms with van der Waals surface area (Å²) in [5, 5.41) is 2.94. The van der Waals surface area contributed by atoms with E-state index in [1.54, 1.807) is 11.1 Å². The number of alkyl halides is 3. The van der Waals surface area contributed by atoms with Crippen LogP contribution >= 0.6 is 0 Å². The molecule has 3 heterocycles. The zero-order chi connectivity index (χ0) is 27.8. The minimum atomic E-state index is -4.36. The molecule has 7 nitrogen and oxygen atoms in total. The molecule has 1 N–H and O–H groups in total. The predicted molar refractivity (Wildman–Crippen MR) is 136 cm³/mol. The second-order valence-electron chi connectivity index (χ2n) is 11.5. The smallest absolute Gasteiger partial charge is 0.416 e. The molecule has 1 saturated heterocycles. The van der Waals surface area contributed by atoms with Crippen LogP contribution in [0.15, 0.2) is 36.5 Å². The predicted octanol–water partition coefficient (Wildman–Crippen LogP) is 5.41. The maximum Gasteiger partial charge on any atom is 0.416 e. The summed E-state index contributed by atoms with van der Waals surface area (Å²) in [6.45, 7) is 12.2. The summed E-state index contributed by atoms with van der Waals surface area (Å²) in [4.78, 5) is 33.4. The van der Waals surface area contributed by atoms with Crippen LogP contribution in [0.1, 0.15) is 73.4 Å². The molecule has 4 rings (SSSR count). The van der Waals surface area contributed by atoms with Gasteiger partial charge in [0, 0.05) is 44.8 Å². The van der Waals surface area contributed by atoms with Crippen LogP contribution in [0.2, 0.25) is 0 Å². The molecule has 1 aromatic carbocycles. The van der Waals surface area contributed by atoms with E-state index in [9.17, 15) is 22.8 Å². The Morgan fingerprint density at radius 3 is 2.37 bits per heavy atom. The molecular formula is C28H35F3N4O3. The van der Waals surface area contributed by atoms with Crippen molar-refractivity contribution in [3.63, 3.8) is 0 Å². The number of halogens is 3. The lowest BCUT2D eigenvalue weighted by atomic mass is 9.99. The first-order valence-corrected chi connectivity index (χ1v) is 12.9. The van der Waals surface area contributed by atoms with E-state index in [-0.39, 0.29) is 29.9 Å². The standard InChI is InChI=1S/C28H35F3N4O3/c1-17(2)24-23-21(16-34(24)13-18-6-8-22(9-7-18)28(29,30)31)10-20(12-32-23)25(36)33-11-19-14-35(15-19)26(37)38-27(3,4)5/h6-10,12,17,19,24H,11,13-16H2,1-5H3,(H,33,36)/t24-/m0/s1. The van der Waals surface area contributed by atoms with E-state index in [4.69, 9.17) is 4.74 Å². The quantitative estimate of drug-likeness (QED) is 0.539. The maximum atomic E-state index is 12.9. The van der Waals surface area contributed by atoms with Gasteiger partial charge in [-0.15, -0.1) is 0 Å². The Balaban J connectivity index is 1.35. The summed E-state index contributed by atoms with van der Waals surface area (Å²) in [7, 11) is 0. The van der Waals surface area contributed by atoms with Crippen LogP contribution < -0.4 is 5.32 Å². The van der Waals surface area contributed by atoms with E-state index in [0.717, 1.165) is 29.0 Å². The highest BCUT2D eigenvalue weighted by Gasteiger charge is 2.36. The number of hydrogen-bond donors (Lipinski definition) is 1. The van der Waals surface area contributed by atoms with Crippen molar-refractivity contribution >= 4 is 12.0 Å². The van der Waals surface area contributed by atoms with Crippen LogP contribution in [0.25, 0.3) is 0 Å². The van der Waals surface area contributed by atoms with Gasteiger partial charge < -0.3 is 15.0 Å². The SMILES string of the molecule is CC(C)[C@H]1c2ncc(C(=O)NCC3CN(C(=O)OC(C)(C)C)C3)cc2CN1Cc1ccc(C(F)(F)F)cc1. The molecule has 2 aliphatic heterocycles. The topological polar surface area (TPSA) is 74.8 Å². The summed E-state index contributed by atoms with van der Waals surface area (Å²) < 4.78 is 44.1. The summed E-state index contributed by atoms with van der Waals surface area (Å²) in [6, 6.07) is 7.10. The van der Waals surface area contributed by atoms with E-state index >= 15 is 0 Å². The highest BCUT2D eigenvalue weighted by Crippen LogP contribution is 2.39. The van der Waals surface area contributed by atoms with Gasteiger partial charge in [0.05, 0.1) is 22.9 Å². The normalized spacial score (nSPS) is 18.3. The fourth-order valence-corrected chi connectivity index (χ4v) is 4.97. The Bertz CT molecular complexity index is 1170. The van der Waals surface area contributed by atoms with Crippen molar-refractivity contribution in [1.82, 2.24) is 20.1 Å².